The van der Waals surface area contributed by atoms with Crippen LogP contribution in [0.4, 0.5) is 0 Å². The third-order valence-corrected chi connectivity index (χ3v) is 13.0. The topological polar surface area (TPSA) is 118 Å². The maximum atomic E-state index is 10.6. The normalized spacial score (nSPS) is 17.4. The molecule has 2 aliphatic rings. The van der Waals surface area contributed by atoms with Crippen molar-refractivity contribution in [2.45, 2.75) is 104 Å². The monoisotopic (exact) mass is 752 g/mol. The summed E-state index contributed by atoms with van der Waals surface area (Å²) in [6.07, 6.45) is 7.73. The van der Waals surface area contributed by atoms with E-state index in [1.807, 2.05) is 76.2 Å². The minimum Gasteiger partial charge on any atom is -0.504 e. The van der Waals surface area contributed by atoms with Gasteiger partial charge in [0.05, 0.1) is 26.4 Å². The van der Waals surface area contributed by atoms with Crippen molar-refractivity contribution in [3.05, 3.63) is 95.1 Å². The van der Waals surface area contributed by atoms with Gasteiger partial charge in [-0.15, -0.1) is 0 Å². The molecule has 0 unspecified atom stereocenters. The Balaban J connectivity index is 1.29. The quantitative estimate of drug-likeness (QED) is 0.101. The van der Waals surface area contributed by atoms with Crippen LogP contribution in [0.5, 0.6) is 46.0 Å². The first-order valence-electron chi connectivity index (χ1n) is 20.3. The fraction of sp³-hybridized carbons (Fsp3) is 0.489. The molecule has 4 aromatic carbocycles. The van der Waals surface area contributed by atoms with Crippen molar-refractivity contribution in [2.75, 3.05) is 26.4 Å². The molecule has 2 fully saturated rings. The third-order valence-electron chi connectivity index (χ3n) is 13.0. The molecule has 296 valence electrons. The number of hydrogen-bond acceptors (Lipinski definition) is 8. The largest absolute Gasteiger partial charge is 0.504 e. The highest BCUT2D eigenvalue weighted by atomic mass is 16.5. The average molecular weight is 753 g/mol. The molecule has 0 aliphatic heterocycles. The highest BCUT2D eigenvalue weighted by molar-refractivity contribution is 5.54. The first-order valence-corrected chi connectivity index (χ1v) is 20.3. The van der Waals surface area contributed by atoms with Crippen molar-refractivity contribution in [1.29, 1.82) is 0 Å². The lowest BCUT2D eigenvalue weighted by molar-refractivity contribution is 0.0363. The highest BCUT2D eigenvalue weighted by Gasteiger charge is 2.48. The summed E-state index contributed by atoms with van der Waals surface area (Å²) in [4.78, 5) is 0. The molecule has 0 atom stereocenters. The minimum absolute atomic E-state index is 0.0616. The molecule has 8 nitrogen and oxygen atoms in total. The van der Waals surface area contributed by atoms with Gasteiger partial charge in [-0.25, -0.2) is 0 Å². The Morgan fingerprint density at radius 3 is 0.909 bits per heavy atom. The molecule has 4 aromatic rings. The summed E-state index contributed by atoms with van der Waals surface area (Å²) >= 11 is 0. The van der Waals surface area contributed by atoms with E-state index < -0.39 is 0 Å². The Bertz CT molecular complexity index is 1660. The van der Waals surface area contributed by atoms with Crippen molar-refractivity contribution in [3.8, 4) is 46.0 Å². The summed E-state index contributed by atoms with van der Waals surface area (Å²) in [6.45, 7) is 14.4. The van der Waals surface area contributed by atoms with E-state index in [9.17, 15) is 20.4 Å². The van der Waals surface area contributed by atoms with E-state index in [-0.39, 0.29) is 39.2 Å². The van der Waals surface area contributed by atoms with E-state index in [1.54, 1.807) is 24.3 Å². The van der Waals surface area contributed by atoms with Crippen LogP contribution in [0, 0.1) is 17.3 Å². The van der Waals surface area contributed by atoms with Crippen LogP contribution in [0.1, 0.15) is 115 Å². The van der Waals surface area contributed by atoms with Gasteiger partial charge >= 0.3 is 0 Å². The van der Waals surface area contributed by atoms with Crippen LogP contribution < -0.4 is 18.9 Å². The SMILES string of the molecule is CCOc1cc(C2(c3ccc(O)c(OCC)c3)CCC(C(C)(C)C3CCC(c4ccc(O)c(OCC)c4)(c4ccc(O)c(OCC)c4)CC3)CC2)ccc1O. The van der Waals surface area contributed by atoms with Gasteiger partial charge in [0.2, 0.25) is 0 Å². The van der Waals surface area contributed by atoms with Crippen LogP contribution in [0.2, 0.25) is 0 Å². The Labute approximate surface area is 327 Å². The summed E-state index contributed by atoms with van der Waals surface area (Å²) < 4.78 is 23.4. The summed E-state index contributed by atoms with van der Waals surface area (Å²) in [7, 11) is 0. The molecule has 0 spiro atoms. The van der Waals surface area contributed by atoms with Crippen LogP contribution in [-0.2, 0) is 10.8 Å². The fourth-order valence-electron chi connectivity index (χ4n) is 9.86. The molecule has 0 heterocycles. The van der Waals surface area contributed by atoms with Crippen LogP contribution in [0.15, 0.2) is 72.8 Å². The second-order valence-corrected chi connectivity index (χ2v) is 16.0. The van der Waals surface area contributed by atoms with Crippen molar-refractivity contribution >= 4 is 0 Å². The third kappa shape index (κ3) is 7.74. The zero-order chi connectivity index (χ0) is 39.4. The summed E-state index contributed by atoms with van der Waals surface area (Å²) in [5.74, 6) is 3.45. The van der Waals surface area contributed by atoms with Crippen molar-refractivity contribution in [2.24, 2.45) is 17.3 Å². The Hall–Kier alpha value is -4.72. The molecule has 0 radical (unpaired) electrons. The predicted molar refractivity (Wildman–Crippen MR) is 216 cm³/mol. The van der Waals surface area contributed by atoms with Crippen LogP contribution >= 0.6 is 0 Å². The zero-order valence-corrected chi connectivity index (χ0v) is 33.5. The lowest BCUT2D eigenvalue weighted by atomic mass is 9.53. The molecule has 8 heteroatoms. The van der Waals surface area contributed by atoms with E-state index in [0.717, 1.165) is 73.6 Å². The van der Waals surface area contributed by atoms with Gasteiger partial charge in [0.25, 0.3) is 0 Å². The smallest absolute Gasteiger partial charge is 0.161 e. The Kier molecular flexibility index (Phi) is 12.0. The Morgan fingerprint density at radius 2 is 0.691 bits per heavy atom. The van der Waals surface area contributed by atoms with Crippen molar-refractivity contribution in [1.82, 2.24) is 0 Å². The maximum Gasteiger partial charge on any atom is 0.161 e. The van der Waals surface area contributed by atoms with Crippen LogP contribution in [0.25, 0.3) is 0 Å². The number of rotatable bonds is 14. The molecular formula is C47H60O8. The van der Waals surface area contributed by atoms with Gasteiger partial charge in [-0.2, -0.15) is 0 Å². The average Bonchev–Trinajstić information content (AvgIpc) is 3.18. The number of phenols is 4. The molecular weight excluding hydrogens is 693 g/mol. The molecule has 55 heavy (non-hydrogen) atoms. The van der Waals surface area contributed by atoms with Gasteiger partial charge in [0.15, 0.2) is 46.0 Å². The van der Waals surface area contributed by atoms with E-state index in [2.05, 4.69) is 13.8 Å². The number of hydrogen-bond donors (Lipinski definition) is 4. The number of ether oxygens (including phenoxy) is 4. The van der Waals surface area contributed by atoms with Crippen LogP contribution in [-0.4, -0.2) is 46.9 Å². The van der Waals surface area contributed by atoms with Gasteiger partial charge in [0.1, 0.15) is 0 Å². The van der Waals surface area contributed by atoms with E-state index in [1.165, 1.54) is 0 Å². The zero-order valence-electron chi connectivity index (χ0n) is 33.5. The highest BCUT2D eigenvalue weighted by Crippen LogP contribution is 2.58. The van der Waals surface area contributed by atoms with Gasteiger partial charge in [-0.05, 0) is 167 Å². The molecule has 0 aromatic heterocycles. The maximum absolute atomic E-state index is 10.6. The number of aromatic hydroxyl groups is 4. The predicted octanol–water partition coefficient (Wildman–Crippen LogP) is 10.8. The summed E-state index contributed by atoms with van der Waals surface area (Å²) in [6, 6.07) is 23.1. The molecule has 2 saturated carbocycles. The Morgan fingerprint density at radius 1 is 0.455 bits per heavy atom. The van der Waals surface area contributed by atoms with Crippen molar-refractivity contribution in [3.63, 3.8) is 0 Å². The molecule has 0 amide bonds. The van der Waals surface area contributed by atoms with Crippen molar-refractivity contribution < 1.29 is 39.4 Å². The summed E-state index contributed by atoms with van der Waals surface area (Å²) in [5.41, 5.74) is 3.76. The number of phenolic OH excluding ortho intramolecular Hbond substituents is 4. The van der Waals surface area contributed by atoms with E-state index in [0.29, 0.717) is 61.3 Å². The molecule has 2 aliphatic carbocycles. The first kappa shape index (κ1) is 40.0. The van der Waals surface area contributed by atoms with Crippen LogP contribution in [0.3, 0.4) is 0 Å². The molecule has 6 rings (SSSR count). The fourth-order valence-corrected chi connectivity index (χ4v) is 9.86. The standard InChI is InChI=1S/C47H60O8/c1-7-52-41-27-33(11-15-37(41)48)46(34-12-16-38(49)42(28-34)53-8-2)23-19-31(20-24-46)45(5,6)32-21-25-47(26-22-32,35-13-17-39(50)43(29-35)54-9-3)36-14-18-40(51)44(30-36)55-10-4/h11-18,27-32,48-51H,7-10,19-26H2,1-6H3. The van der Waals surface area contributed by atoms with Gasteiger partial charge in [-0.1, -0.05) is 38.1 Å². The van der Waals surface area contributed by atoms with Gasteiger partial charge in [0, 0.05) is 10.8 Å². The lowest BCUT2D eigenvalue weighted by Crippen LogP contribution is -2.43. The second-order valence-electron chi connectivity index (χ2n) is 16.0. The first-order chi connectivity index (χ1) is 26.4. The lowest BCUT2D eigenvalue weighted by Gasteiger charge is -2.51. The number of benzene rings is 4. The second kappa shape index (κ2) is 16.6. The van der Waals surface area contributed by atoms with Gasteiger partial charge < -0.3 is 39.4 Å². The van der Waals surface area contributed by atoms with E-state index >= 15 is 0 Å². The minimum atomic E-state index is -0.346. The molecule has 0 bridgehead atoms. The van der Waals surface area contributed by atoms with Gasteiger partial charge in [-0.3, -0.25) is 0 Å². The molecule has 0 saturated heterocycles. The molecule has 4 N–H and O–H groups in total. The van der Waals surface area contributed by atoms with E-state index in [4.69, 9.17) is 18.9 Å². The summed E-state index contributed by atoms with van der Waals surface area (Å²) in [5, 5.41) is 42.5.